The molecule has 3 aromatic rings. The molecule has 0 fully saturated rings. The van der Waals surface area contributed by atoms with Gasteiger partial charge in [-0.3, -0.25) is 19.3 Å². The molecule has 0 aromatic heterocycles. The largest absolute Gasteiger partial charge is 0.495 e. The third kappa shape index (κ3) is 4.09. The van der Waals surface area contributed by atoms with Crippen LogP contribution in [0.3, 0.4) is 0 Å². The van der Waals surface area contributed by atoms with Gasteiger partial charge in [0.2, 0.25) is 5.91 Å². The molecule has 0 bridgehead atoms. The summed E-state index contributed by atoms with van der Waals surface area (Å²) in [5.41, 5.74) is 1.14. The van der Waals surface area contributed by atoms with E-state index in [0.717, 1.165) is 5.39 Å². The molecule has 0 spiro atoms. The number of benzene rings is 3. The molecule has 0 N–H and O–H groups in total. The lowest BCUT2D eigenvalue weighted by Crippen LogP contribution is -2.44. The molecule has 1 heterocycles. The number of ether oxygens (including phenoxy) is 1. The molecule has 1 aliphatic heterocycles. The van der Waals surface area contributed by atoms with Gasteiger partial charge in [-0.05, 0) is 36.1 Å². The minimum absolute atomic E-state index is 0.0570. The van der Waals surface area contributed by atoms with Crippen LogP contribution < -0.4 is 9.64 Å². The maximum absolute atomic E-state index is 13.3. The maximum Gasteiger partial charge on any atom is 0.261 e. The number of rotatable bonds is 6. The SMILES string of the molecule is COc1ccccc1N(CCCN1C(=O)c2cccc3cccc(c23)C1=O)C(=O)C(C)(C)C. The smallest absolute Gasteiger partial charge is 0.261 e. The first-order chi connectivity index (χ1) is 15.7. The van der Waals surface area contributed by atoms with E-state index < -0.39 is 5.41 Å². The quantitative estimate of drug-likeness (QED) is 0.507. The van der Waals surface area contributed by atoms with Crippen molar-refractivity contribution in [2.45, 2.75) is 27.2 Å². The molecule has 0 saturated carbocycles. The Balaban J connectivity index is 1.58. The van der Waals surface area contributed by atoms with Gasteiger partial charge in [0.1, 0.15) is 5.75 Å². The van der Waals surface area contributed by atoms with Gasteiger partial charge >= 0.3 is 0 Å². The molecular weight excluding hydrogens is 416 g/mol. The van der Waals surface area contributed by atoms with Gasteiger partial charge in [-0.25, -0.2) is 0 Å². The van der Waals surface area contributed by atoms with Gasteiger partial charge in [0.25, 0.3) is 11.8 Å². The molecule has 0 radical (unpaired) electrons. The van der Waals surface area contributed by atoms with Crippen LogP contribution >= 0.6 is 0 Å². The maximum atomic E-state index is 13.3. The average Bonchev–Trinajstić information content (AvgIpc) is 2.81. The summed E-state index contributed by atoms with van der Waals surface area (Å²) in [6.07, 6.45) is 0.440. The molecule has 33 heavy (non-hydrogen) atoms. The van der Waals surface area contributed by atoms with Crippen molar-refractivity contribution in [1.82, 2.24) is 4.90 Å². The lowest BCUT2D eigenvalue weighted by molar-refractivity contribution is -0.125. The Hall–Kier alpha value is -3.67. The number of imide groups is 1. The summed E-state index contributed by atoms with van der Waals surface area (Å²) in [5.74, 6) is -0.0511. The lowest BCUT2D eigenvalue weighted by atomic mass is 9.93. The van der Waals surface area contributed by atoms with Crippen molar-refractivity contribution >= 4 is 34.2 Å². The van der Waals surface area contributed by atoms with Crippen molar-refractivity contribution in [2.24, 2.45) is 5.41 Å². The van der Waals surface area contributed by atoms with E-state index in [-0.39, 0.29) is 24.3 Å². The first-order valence-electron chi connectivity index (χ1n) is 11.1. The summed E-state index contributed by atoms with van der Waals surface area (Å²) in [4.78, 5) is 42.6. The summed E-state index contributed by atoms with van der Waals surface area (Å²) in [5, 5.41) is 1.59. The summed E-state index contributed by atoms with van der Waals surface area (Å²) in [6.45, 7) is 6.16. The minimum Gasteiger partial charge on any atom is -0.495 e. The summed E-state index contributed by atoms with van der Waals surface area (Å²) >= 11 is 0. The van der Waals surface area contributed by atoms with E-state index in [2.05, 4.69) is 0 Å². The Bertz CT molecular complexity index is 1190. The molecule has 3 aromatic carbocycles. The van der Waals surface area contributed by atoms with Gasteiger partial charge in [-0.2, -0.15) is 0 Å². The third-order valence-electron chi connectivity index (χ3n) is 5.88. The minimum atomic E-state index is -0.605. The molecule has 6 heteroatoms. The number of carbonyl (C=O) groups is 3. The van der Waals surface area contributed by atoms with Crippen LogP contribution in [0.4, 0.5) is 5.69 Å². The fourth-order valence-electron chi connectivity index (χ4n) is 4.26. The summed E-state index contributed by atoms with van der Waals surface area (Å²) in [7, 11) is 1.57. The topological polar surface area (TPSA) is 66.9 Å². The number of para-hydroxylation sites is 2. The predicted molar refractivity (Wildman–Crippen MR) is 129 cm³/mol. The Kier molecular flexibility index (Phi) is 5.93. The average molecular weight is 445 g/mol. The van der Waals surface area contributed by atoms with E-state index in [1.165, 1.54) is 4.90 Å². The normalized spacial score (nSPS) is 13.4. The van der Waals surface area contributed by atoms with Crippen LogP contribution in [0.5, 0.6) is 5.75 Å². The Morgan fingerprint density at radius 2 is 1.52 bits per heavy atom. The van der Waals surface area contributed by atoms with Crippen molar-refractivity contribution in [2.75, 3.05) is 25.1 Å². The van der Waals surface area contributed by atoms with Crippen LogP contribution in [0.2, 0.25) is 0 Å². The van der Waals surface area contributed by atoms with E-state index in [1.807, 2.05) is 69.3 Å². The van der Waals surface area contributed by atoms with Gasteiger partial charge < -0.3 is 9.64 Å². The van der Waals surface area contributed by atoms with Crippen molar-refractivity contribution in [1.29, 1.82) is 0 Å². The van der Waals surface area contributed by atoms with Gasteiger partial charge in [0.15, 0.2) is 0 Å². The number of anilines is 1. The molecule has 3 amide bonds. The second-order valence-electron chi connectivity index (χ2n) is 9.20. The van der Waals surface area contributed by atoms with Crippen LogP contribution in [0.1, 0.15) is 47.9 Å². The number of hydrogen-bond acceptors (Lipinski definition) is 4. The molecule has 0 unspecified atom stereocenters. The highest BCUT2D eigenvalue weighted by atomic mass is 16.5. The fourth-order valence-corrected chi connectivity index (χ4v) is 4.26. The van der Waals surface area contributed by atoms with E-state index in [0.29, 0.717) is 40.9 Å². The van der Waals surface area contributed by atoms with Gasteiger partial charge in [-0.1, -0.05) is 57.2 Å². The molecule has 0 saturated heterocycles. The molecular formula is C27H28N2O4. The van der Waals surface area contributed by atoms with Crippen LogP contribution in [0.15, 0.2) is 60.7 Å². The molecule has 0 aliphatic carbocycles. The van der Waals surface area contributed by atoms with Crippen molar-refractivity contribution in [3.05, 3.63) is 71.8 Å². The lowest BCUT2D eigenvalue weighted by Gasteiger charge is -2.32. The second-order valence-corrected chi connectivity index (χ2v) is 9.20. The van der Waals surface area contributed by atoms with E-state index in [9.17, 15) is 14.4 Å². The summed E-state index contributed by atoms with van der Waals surface area (Å²) in [6, 6.07) is 18.4. The number of amides is 3. The second kappa shape index (κ2) is 8.70. The summed E-state index contributed by atoms with van der Waals surface area (Å²) < 4.78 is 5.48. The van der Waals surface area contributed by atoms with Crippen LogP contribution in [-0.4, -0.2) is 42.8 Å². The number of carbonyl (C=O) groups excluding carboxylic acids is 3. The first kappa shape index (κ1) is 22.5. The van der Waals surface area contributed by atoms with E-state index in [1.54, 1.807) is 24.1 Å². The Labute approximate surface area is 193 Å². The standard InChI is InChI=1S/C27H28N2O4/c1-27(2,3)26(32)28(21-14-5-6-15-22(21)33-4)16-9-17-29-24(30)19-12-7-10-18-11-8-13-20(23(18)19)25(29)31/h5-8,10-15H,9,16-17H2,1-4H3. The molecule has 6 nitrogen and oxygen atoms in total. The van der Waals surface area contributed by atoms with Gasteiger partial charge in [-0.15, -0.1) is 0 Å². The highest BCUT2D eigenvalue weighted by molar-refractivity contribution is 6.25. The molecule has 170 valence electrons. The van der Waals surface area contributed by atoms with Gasteiger partial charge in [0.05, 0.1) is 12.8 Å². The zero-order valence-electron chi connectivity index (χ0n) is 19.4. The molecule has 0 atom stereocenters. The van der Waals surface area contributed by atoms with E-state index in [4.69, 9.17) is 4.74 Å². The Morgan fingerprint density at radius 3 is 2.09 bits per heavy atom. The number of nitrogens with zero attached hydrogens (tertiary/aromatic N) is 2. The predicted octanol–water partition coefficient (Wildman–Crippen LogP) is 4.91. The highest BCUT2D eigenvalue weighted by Gasteiger charge is 2.33. The zero-order valence-corrected chi connectivity index (χ0v) is 19.4. The van der Waals surface area contributed by atoms with Crippen LogP contribution in [0.25, 0.3) is 10.8 Å². The molecule has 4 rings (SSSR count). The van der Waals surface area contributed by atoms with Gasteiger partial charge in [0, 0.05) is 35.0 Å². The van der Waals surface area contributed by atoms with Crippen molar-refractivity contribution < 1.29 is 19.1 Å². The fraction of sp³-hybridized carbons (Fsp3) is 0.296. The molecule has 1 aliphatic rings. The number of methoxy groups -OCH3 is 1. The highest BCUT2D eigenvalue weighted by Crippen LogP contribution is 2.33. The first-order valence-corrected chi connectivity index (χ1v) is 11.1. The van der Waals surface area contributed by atoms with Crippen LogP contribution in [0, 0.1) is 5.41 Å². The van der Waals surface area contributed by atoms with Crippen molar-refractivity contribution in [3.8, 4) is 5.75 Å². The number of hydrogen-bond donors (Lipinski definition) is 0. The Morgan fingerprint density at radius 1 is 0.909 bits per heavy atom. The van der Waals surface area contributed by atoms with Crippen molar-refractivity contribution in [3.63, 3.8) is 0 Å². The van der Waals surface area contributed by atoms with E-state index >= 15 is 0 Å². The third-order valence-corrected chi connectivity index (χ3v) is 5.88. The monoisotopic (exact) mass is 444 g/mol. The van der Waals surface area contributed by atoms with Crippen LogP contribution in [-0.2, 0) is 4.79 Å². The zero-order chi connectivity index (χ0) is 23.8.